The van der Waals surface area contributed by atoms with Crippen LogP contribution >= 0.6 is 11.6 Å². The van der Waals surface area contributed by atoms with E-state index >= 15 is 0 Å². The van der Waals surface area contributed by atoms with Crippen LogP contribution in [0, 0.1) is 6.92 Å². The molecular formula is C8H10ClN3O. The van der Waals surface area contributed by atoms with Crippen molar-refractivity contribution < 1.29 is 4.79 Å². The molecule has 0 fully saturated rings. The zero-order valence-electron chi connectivity index (χ0n) is 7.10. The normalized spacial score (nSPS) is 9.77. The number of aryl methyl sites for hydroxylation is 1. The maximum atomic E-state index is 11.2. The zero-order valence-corrected chi connectivity index (χ0v) is 7.85. The van der Waals surface area contributed by atoms with Gasteiger partial charge in [-0.15, -0.1) is 0 Å². The number of carbonyl (C=O) groups is 1. The summed E-state index contributed by atoms with van der Waals surface area (Å²) in [6.07, 6.45) is 0. The standard InChI is InChI=1S/C8H10ClN3O/c1-4-2-5(9)3-6(7(4)10)8(13)12-11/h2-3H,10-11H2,1H3,(H,12,13). The number of rotatable bonds is 1. The average molecular weight is 200 g/mol. The van der Waals surface area contributed by atoms with E-state index in [4.69, 9.17) is 23.2 Å². The van der Waals surface area contributed by atoms with Crippen molar-refractivity contribution in [3.8, 4) is 0 Å². The minimum absolute atomic E-state index is 0.299. The molecule has 0 heterocycles. The molecule has 0 unspecified atom stereocenters. The van der Waals surface area contributed by atoms with Crippen molar-refractivity contribution in [2.75, 3.05) is 5.73 Å². The molecule has 0 aliphatic heterocycles. The molecule has 4 nitrogen and oxygen atoms in total. The van der Waals surface area contributed by atoms with Crippen LogP contribution in [0.3, 0.4) is 0 Å². The number of carbonyl (C=O) groups excluding carboxylic acids is 1. The maximum absolute atomic E-state index is 11.2. The van der Waals surface area contributed by atoms with Crippen molar-refractivity contribution in [3.05, 3.63) is 28.3 Å². The summed E-state index contributed by atoms with van der Waals surface area (Å²) in [7, 11) is 0. The highest BCUT2D eigenvalue weighted by atomic mass is 35.5. The van der Waals surface area contributed by atoms with Gasteiger partial charge < -0.3 is 5.73 Å². The van der Waals surface area contributed by atoms with Crippen molar-refractivity contribution in [2.45, 2.75) is 6.92 Å². The highest BCUT2D eigenvalue weighted by molar-refractivity contribution is 6.31. The summed E-state index contributed by atoms with van der Waals surface area (Å²) in [4.78, 5) is 11.2. The molecule has 0 spiro atoms. The van der Waals surface area contributed by atoms with E-state index in [0.717, 1.165) is 5.56 Å². The number of anilines is 1. The summed E-state index contributed by atoms with van der Waals surface area (Å²) >= 11 is 5.75. The van der Waals surface area contributed by atoms with E-state index in [-0.39, 0.29) is 0 Å². The summed E-state index contributed by atoms with van der Waals surface area (Å²) in [6.45, 7) is 1.77. The topological polar surface area (TPSA) is 81.1 Å². The third-order valence-corrected chi connectivity index (χ3v) is 1.95. The predicted octanol–water partition coefficient (Wildman–Crippen LogP) is 0.834. The molecule has 5 N–H and O–H groups in total. The molecule has 0 radical (unpaired) electrons. The van der Waals surface area contributed by atoms with Gasteiger partial charge >= 0.3 is 0 Å². The number of halogens is 1. The van der Waals surface area contributed by atoms with Crippen LogP contribution in [0.2, 0.25) is 5.02 Å². The largest absolute Gasteiger partial charge is 0.398 e. The van der Waals surface area contributed by atoms with Crippen LogP contribution < -0.4 is 17.0 Å². The third-order valence-electron chi connectivity index (χ3n) is 1.73. The van der Waals surface area contributed by atoms with Gasteiger partial charge in [0, 0.05) is 10.7 Å². The van der Waals surface area contributed by atoms with Crippen molar-refractivity contribution >= 4 is 23.2 Å². The van der Waals surface area contributed by atoms with Crippen LogP contribution in [0.1, 0.15) is 15.9 Å². The molecule has 0 aliphatic rings. The molecule has 1 aromatic carbocycles. The summed E-state index contributed by atoms with van der Waals surface area (Å²) < 4.78 is 0. The van der Waals surface area contributed by atoms with Gasteiger partial charge in [-0.2, -0.15) is 0 Å². The molecule has 1 amide bonds. The molecule has 5 heteroatoms. The number of hydrazine groups is 1. The molecule has 1 aromatic rings. The van der Waals surface area contributed by atoms with Gasteiger partial charge in [-0.3, -0.25) is 10.2 Å². The molecule has 13 heavy (non-hydrogen) atoms. The van der Waals surface area contributed by atoms with Crippen LogP contribution in [0.25, 0.3) is 0 Å². The predicted molar refractivity (Wildman–Crippen MR) is 52.3 cm³/mol. The Morgan fingerprint density at radius 2 is 2.15 bits per heavy atom. The minimum atomic E-state index is -0.442. The van der Waals surface area contributed by atoms with E-state index in [1.165, 1.54) is 6.07 Å². The Kier molecular flexibility index (Phi) is 2.75. The van der Waals surface area contributed by atoms with Crippen molar-refractivity contribution in [1.82, 2.24) is 5.43 Å². The van der Waals surface area contributed by atoms with Crippen LogP contribution in [0.4, 0.5) is 5.69 Å². The SMILES string of the molecule is Cc1cc(Cl)cc(C(=O)NN)c1N. The lowest BCUT2D eigenvalue weighted by molar-refractivity contribution is 0.0954. The van der Waals surface area contributed by atoms with Gasteiger partial charge in [0.1, 0.15) is 0 Å². The van der Waals surface area contributed by atoms with Crippen LogP contribution in [0.5, 0.6) is 0 Å². The van der Waals surface area contributed by atoms with E-state index in [0.29, 0.717) is 16.3 Å². The first-order valence-corrected chi connectivity index (χ1v) is 4.00. The first-order valence-electron chi connectivity index (χ1n) is 3.63. The maximum Gasteiger partial charge on any atom is 0.267 e. The smallest absolute Gasteiger partial charge is 0.267 e. The second kappa shape index (κ2) is 3.64. The fourth-order valence-corrected chi connectivity index (χ4v) is 1.29. The van der Waals surface area contributed by atoms with Crippen LogP contribution in [-0.2, 0) is 0 Å². The number of nitrogens with two attached hydrogens (primary N) is 2. The molecule has 70 valence electrons. The zero-order chi connectivity index (χ0) is 10.0. The summed E-state index contributed by atoms with van der Waals surface area (Å²) in [6, 6.07) is 3.16. The Hall–Kier alpha value is -1.26. The lowest BCUT2D eigenvalue weighted by Crippen LogP contribution is -2.30. The van der Waals surface area contributed by atoms with Gasteiger partial charge in [0.05, 0.1) is 5.56 Å². The minimum Gasteiger partial charge on any atom is -0.398 e. The molecule has 0 aliphatic carbocycles. The Balaban J connectivity index is 3.28. The summed E-state index contributed by atoms with van der Waals surface area (Å²) in [5.74, 6) is 4.53. The number of benzene rings is 1. The van der Waals surface area contributed by atoms with Crippen molar-refractivity contribution in [3.63, 3.8) is 0 Å². The fourth-order valence-electron chi connectivity index (χ4n) is 1.02. The molecule has 0 aromatic heterocycles. The number of hydrogen-bond acceptors (Lipinski definition) is 3. The Morgan fingerprint density at radius 3 is 2.69 bits per heavy atom. The van der Waals surface area contributed by atoms with Gasteiger partial charge in [-0.1, -0.05) is 11.6 Å². The number of hydrogen-bond donors (Lipinski definition) is 3. The van der Waals surface area contributed by atoms with Crippen molar-refractivity contribution in [2.24, 2.45) is 5.84 Å². The van der Waals surface area contributed by atoms with E-state index in [9.17, 15) is 4.79 Å². The Morgan fingerprint density at radius 1 is 1.54 bits per heavy atom. The quantitative estimate of drug-likeness (QED) is 0.271. The van der Waals surface area contributed by atoms with E-state index in [2.05, 4.69) is 0 Å². The Bertz CT molecular complexity index is 351. The van der Waals surface area contributed by atoms with E-state index < -0.39 is 5.91 Å². The molecule has 0 saturated carbocycles. The van der Waals surface area contributed by atoms with Gasteiger partial charge in [-0.25, -0.2) is 5.84 Å². The molecule has 0 saturated heterocycles. The fraction of sp³-hybridized carbons (Fsp3) is 0.125. The summed E-state index contributed by atoms with van der Waals surface area (Å²) in [5, 5.41) is 0.463. The second-order valence-corrected chi connectivity index (χ2v) is 3.09. The molecule has 0 atom stereocenters. The first kappa shape index (κ1) is 9.83. The van der Waals surface area contributed by atoms with Crippen LogP contribution in [-0.4, -0.2) is 5.91 Å². The molecule has 1 rings (SSSR count). The lowest BCUT2D eigenvalue weighted by atomic mass is 10.1. The highest BCUT2D eigenvalue weighted by Gasteiger charge is 2.10. The van der Waals surface area contributed by atoms with Gasteiger partial charge in [0.2, 0.25) is 0 Å². The van der Waals surface area contributed by atoms with Crippen molar-refractivity contribution in [1.29, 1.82) is 0 Å². The van der Waals surface area contributed by atoms with Gasteiger partial charge in [0.25, 0.3) is 5.91 Å². The monoisotopic (exact) mass is 199 g/mol. The average Bonchev–Trinajstić information content (AvgIpc) is 2.10. The highest BCUT2D eigenvalue weighted by Crippen LogP contribution is 2.22. The van der Waals surface area contributed by atoms with Gasteiger partial charge in [0.15, 0.2) is 0 Å². The van der Waals surface area contributed by atoms with Crippen LogP contribution in [0.15, 0.2) is 12.1 Å². The molecule has 0 bridgehead atoms. The number of nitrogen functional groups attached to an aromatic ring is 2. The first-order chi connectivity index (χ1) is 6.06. The van der Waals surface area contributed by atoms with Gasteiger partial charge in [-0.05, 0) is 24.6 Å². The van der Waals surface area contributed by atoms with E-state index in [1.807, 2.05) is 5.43 Å². The lowest BCUT2D eigenvalue weighted by Gasteiger charge is -2.07. The Labute approximate surface area is 80.8 Å². The third kappa shape index (κ3) is 1.91. The molecular weight excluding hydrogens is 190 g/mol. The number of amides is 1. The second-order valence-electron chi connectivity index (χ2n) is 2.66. The van der Waals surface area contributed by atoms with E-state index in [1.54, 1.807) is 13.0 Å². The number of nitrogens with one attached hydrogen (secondary N) is 1. The summed E-state index contributed by atoms with van der Waals surface area (Å²) in [5.41, 5.74) is 9.10.